The Morgan fingerprint density at radius 1 is 1.33 bits per heavy atom. The first kappa shape index (κ1) is 12.7. The van der Waals surface area contributed by atoms with Crippen molar-refractivity contribution >= 4 is 21.9 Å². The summed E-state index contributed by atoms with van der Waals surface area (Å²) >= 11 is 0. The molecule has 1 aliphatic rings. The number of carboxylic acid groups (broad SMARTS) is 1. The molecule has 0 atom stereocenters. The van der Waals surface area contributed by atoms with Crippen molar-refractivity contribution in [3.8, 4) is 5.75 Å². The molecule has 4 N–H and O–H groups in total. The monoisotopic (exact) mass is 272 g/mol. The number of aromatic carboxylic acids is 1. The van der Waals surface area contributed by atoms with E-state index in [9.17, 15) is 18.3 Å². The van der Waals surface area contributed by atoms with Gasteiger partial charge in [-0.1, -0.05) is 6.07 Å². The molecule has 0 unspecified atom stereocenters. The van der Waals surface area contributed by atoms with E-state index in [1.54, 1.807) is 0 Å². The van der Waals surface area contributed by atoms with E-state index in [-0.39, 0.29) is 17.3 Å². The summed E-state index contributed by atoms with van der Waals surface area (Å²) < 4.78 is 27.7. The first-order chi connectivity index (χ1) is 8.39. The summed E-state index contributed by atoms with van der Waals surface area (Å²) in [6.07, 6.45) is 1.56. The lowest BCUT2D eigenvalue weighted by Crippen LogP contribution is -2.31. The highest BCUT2D eigenvalue weighted by Crippen LogP contribution is 2.28. The molecule has 1 aliphatic carbocycles. The molecule has 8 heteroatoms. The number of carboxylic acids is 1. The molecule has 0 saturated heterocycles. The quantitative estimate of drug-likeness (QED) is 0.582. The summed E-state index contributed by atoms with van der Waals surface area (Å²) in [5, 5.41) is 18.4. The molecule has 98 valence electrons. The lowest BCUT2D eigenvalue weighted by atomic mass is 10.2. The van der Waals surface area contributed by atoms with E-state index >= 15 is 0 Å². The SMILES string of the molecule is O=C(O)c1cccc(NS(=O)(=O)NC2CC2)c1O. The average Bonchev–Trinajstić information content (AvgIpc) is 3.03. The molecule has 0 aromatic heterocycles. The number of benzene rings is 1. The summed E-state index contributed by atoms with van der Waals surface area (Å²) in [4.78, 5) is 10.8. The molecule has 0 spiro atoms. The molecule has 2 rings (SSSR count). The van der Waals surface area contributed by atoms with Crippen molar-refractivity contribution in [3.05, 3.63) is 23.8 Å². The highest BCUT2D eigenvalue weighted by atomic mass is 32.2. The van der Waals surface area contributed by atoms with E-state index < -0.39 is 21.9 Å². The summed E-state index contributed by atoms with van der Waals surface area (Å²) in [6.45, 7) is 0. The Hall–Kier alpha value is -1.80. The van der Waals surface area contributed by atoms with Crippen LogP contribution < -0.4 is 9.44 Å². The summed E-state index contributed by atoms with van der Waals surface area (Å²) in [7, 11) is -3.79. The second-order valence-corrected chi connectivity index (χ2v) is 5.45. The lowest BCUT2D eigenvalue weighted by molar-refractivity contribution is 0.0694. The number of anilines is 1. The Labute approximate surface area is 104 Å². The van der Waals surface area contributed by atoms with Gasteiger partial charge in [-0.25, -0.2) is 4.79 Å². The Balaban J connectivity index is 2.23. The zero-order valence-electron chi connectivity index (χ0n) is 9.25. The molecule has 1 aromatic rings. The third-order valence-electron chi connectivity index (χ3n) is 2.41. The standard InChI is InChI=1S/C10H12N2O5S/c13-9-7(10(14)15)2-1-3-8(9)12-18(16,17)11-6-4-5-6/h1-3,6,11-13H,4-5H2,(H,14,15). The van der Waals surface area contributed by atoms with Crippen LogP contribution in [0.1, 0.15) is 23.2 Å². The Bertz CT molecular complexity index is 580. The molecule has 1 fully saturated rings. The van der Waals surface area contributed by atoms with Crippen molar-refractivity contribution in [2.24, 2.45) is 0 Å². The molecular formula is C10H12N2O5S. The van der Waals surface area contributed by atoms with Gasteiger partial charge in [0.25, 0.3) is 10.2 Å². The maximum absolute atomic E-state index is 11.6. The third kappa shape index (κ3) is 2.90. The number of para-hydroxylation sites is 1. The van der Waals surface area contributed by atoms with Crippen molar-refractivity contribution in [1.29, 1.82) is 0 Å². The van der Waals surface area contributed by atoms with Crippen LogP contribution >= 0.6 is 0 Å². The van der Waals surface area contributed by atoms with Crippen molar-refractivity contribution in [3.63, 3.8) is 0 Å². The molecule has 0 amide bonds. The van der Waals surface area contributed by atoms with Crippen LogP contribution in [0, 0.1) is 0 Å². The first-order valence-electron chi connectivity index (χ1n) is 5.24. The number of hydrogen-bond acceptors (Lipinski definition) is 4. The number of rotatable bonds is 5. The highest BCUT2D eigenvalue weighted by Gasteiger charge is 2.27. The van der Waals surface area contributed by atoms with Gasteiger partial charge in [0.2, 0.25) is 0 Å². The summed E-state index contributed by atoms with van der Waals surface area (Å²) in [6, 6.07) is 3.74. The average molecular weight is 272 g/mol. The van der Waals surface area contributed by atoms with E-state index in [1.807, 2.05) is 0 Å². The van der Waals surface area contributed by atoms with Crippen LogP contribution in [0.5, 0.6) is 5.75 Å². The number of aromatic hydroxyl groups is 1. The second kappa shape index (κ2) is 4.46. The van der Waals surface area contributed by atoms with Gasteiger partial charge in [0.1, 0.15) is 5.56 Å². The molecule has 18 heavy (non-hydrogen) atoms. The van der Waals surface area contributed by atoms with Gasteiger partial charge in [-0.15, -0.1) is 0 Å². The second-order valence-electron chi connectivity index (χ2n) is 4.00. The zero-order chi connectivity index (χ0) is 13.3. The third-order valence-corrected chi connectivity index (χ3v) is 3.54. The molecule has 0 radical (unpaired) electrons. The number of carbonyl (C=O) groups is 1. The van der Waals surface area contributed by atoms with Gasteiger partial charge in [-0.3, -0.25) is 4.72 Å². The van der Waals surface area contributed by atoms with E-state index in [1.165, 1.54) is 18.2 Å². The molecule has 1 saturated carbocycles. The molecule has 0 heterocycles. The normalized spacial score (nSPS) is 15.3. The van der Waals surface area contributed by atoms with E-state index in [0.717, 1.165) is 12.8 Å². The minimum absolute atomic E-state index is 0.0766. The Morgan fingerprint density at radius 3 is 2.56 bits per heavy atom. The Kier molecular flexibility index (Phi) is 3.14. The van der Waals surface area contributed by atoms with Gasteiger partial charge in [0.15, 0.2) is 5.75 Å². The number of nitrogens with one attached hydrogen (secondary N) is 2. The fourth-order valence-electron chi connectivity index (χ4n) is 1.39. The van der Waals surface area contributed by atoms with Crippen molar-refractivity contribution < 1.29 is 23.4 Å². The molecular weight excluding hydrogens is 260 g/mol. The van der Waals surface area contributed by atoms with E-state index in [4.69, 9.17) is 5.11 Å². The maximum atomic E-state index is 11.6. The van der Waals surface area contributed by atoms with Crippen LogP contribution in [-0.2, 0) is 10.2 Å². The van der Waals surface area contributed by atoms with Gasteiger partial charge in [0, 0.05) is 6.04 Å². The van der Waals surface area contributed by atoms with Gasteiger partial charge >= 0.3 is 5.97 Å². The summed E-state index contributed by atoms with van der Waals surface area (Å²) in [5.74, 6) is -1.94. The van der Waals surface area contributed by atoms with Gasteiger partial charge in [-0.05, 0) is 25.0 Å². The minimum atomic E-state index is -3.79. The van der Waals surface area contributed by atoms with Crippen molar-refractivity contribution in [1.82, 2.24) is 4.72 Å². The highest BCUT2D eigenvalue weighted by molar-refractivity contribution is 7.90. The fourth-order valence-corrected chi connectivity index (χ4v) is 2.58. The first-order valence-corrected chi connectivity index (χ1v) is 6.73. The molecule has 7 nitrogen and oxygen atoms in total. The van der Waals surface area contributed by atoms with Gasteiger partial charge in [0.05, 0.1) is 5.69 Å². The predicted molar refractivity (Wildman–Crippen MR) is 63.8 cm³/mol. The van der Waals surface area contributed by atoms with Crippen LogP contribution in [0.2, 0.25) is 0 Å². The fraction of sp³-hybridized carbons (Fsp3) is 0.300. The zero-order valence-corrected chi connectivity index (χ0v) is 10.1. The smallest absolute Gasteiger partial charge is 0.339 e. The molecule has 1 aromatic carbocycles. The van der Waals surface area contributed by atoms with E-state index in [2.05, 4.69) is 9.44 Å². The van der Waals surface area contributed by atoms with E-state index in [0.29, 0.717) is 0 Å². The van der Waals surface area contributed by atoms with Crippen LogP contribution in [-0.4, -0.2) is 30.6 Å². The number of hydrogen-bond donors (Lipinski definition) is 4. The topological polar surface area (TPSA) is 116 Å². The predicted octanol–water partition coefficient (Wildman–Crippen LogP) is 0.499. The van der Waals surface area contributed by atoms with Gasteiger partial charge in [-0.2, -0.15) is 13.1 Å². The summed E-state index contributed by atoms with van der Waals surface area (Å²) in [5.41, 5.74) is -0.523. The van der Waals surface area contributed by atoms with Crippen molar-refractivity contribution in [2.45, 2.75) is 18.9 Å². The van der Waals surface area contributed by atoms with Crippen LogP contribution in [0.3, 0.4) is 0 Å². The largest absolute Gasteiger partial charge is 0.505 e. The van der Waals surface area contributed by atoms with Crippen LogP contribution in [0.15, 0.2) is 18.2 Å². The minimum Gasteiger partial charge on any atom is -0.505 e. The van der Waals surface area contributed by atoms with Gasteiger partial charge < -0.3 is 10.2 Å². The lowest BCUT2D eigenvalue weighted by Gasteiger charge is -2.11. The Morgan fingerprint density at radius 2 is 2.00 bits per heavy atom. The van der Waals surface area contributed by atoms with Crippen molar-refractivity contribution in [2.75, 3.05) is 4.72 Å². The maximum Gasteiger partial charge on any atom is 0.339 e. The number of phenols is 1. The molecule has 0 aliphatic heterocycles. The molecule has 0 bridgehead atoms. The van der Waals surface area contributed by atoms with Crippen LogP contribution in [0.25, 0.3) is 0 Å². The van der Waals surface area contributed by atoms with Crippen LogP contribution in [0.4, 0.5) is 5.69 Å².